The molecule has 2 amide bonds. The van der Waals surface area contributed by atoms with Crippen LogP contribution in [0.15, 0.2) is 24.3 Å². The van der Waals surface area contributed by atoms with Crippen LogP contribution in [-0.4, -0.2) is 17.9 Å². The zero-order valence-electron chi connectivity index (χ0n) is 9.82. The minimum Gasteiger partial charge on any atom is -0.373 e. The van der Waals surface area contributed by atoms with E-state index in [1.807, 2.05) is 24.3 Å². The van der Waals surface area contributed by atoms with E-state index in [9.17, 15) is 9.59 Å². The Morgan fingerprint density at radius 3 is 2.53 bits per heavy atom. The minimum atomic E-state index is -0.431. The molecule has 1 unspecified atom stereocenters. The Balaban J connectivity index is 1.99. The van der Waals surface area contributed by atoms with E-state index in [1.54, 1.807) is 0 Å². The highest BCUT2D eigenvalue weighted by atomic mass is 16.2. The Morgan fingerprint density at radius 2 is 2.00 bits per heavy atom. The van der Waals surface area contributed by atoms with Gasteiger partial charge < -0.3 is 5.32 Å². The SMILES string of the molecule is CCCc1ccc(NC2CC(=O)NC2=O)cc1. The normalized spacial score (nSPS) is 19.2. The van der Waals surface area contributed by atoms with Gasteiger partial charge in [-0.1, -0.05) is 25.5 Å². The smallest absolute Gasteiger partial charge is 0.249 e. The van der Waals surface area contributed by atoms with Crippen LogP contribution < -0.4 is 10.6 Å². The largest absolute Gasteiger partial charge is 0.373 e. The van der Waals surface area contributed by atoms with E-state index in [2.05, 4.69) is 17.6 Å². The second-order valence-corrected chi connectivity index (χ2v) is 4.26. The lowest BCUT2D eigenvalue weighted by atomic mass is 10.1. The summed E-state index contributed by atoms with van der Waals surface area (Å²) in [6, 6.07) is 7.54. The van der Waals surface area contributed by atoms with E-state index in [4.69, 9.17) is 0 Å². The van der Waals surface area contributed by atoms with Crippen LogP contribution in [-0.2, 0) is 16.0 Å². The average Bonchev–Trinajstić information content (AvgIpc) is 2.61. The molecule has 2 N–H and O–H groups in total. The summed E-state index contributed by atoms with van der Waals surface area (Å²) in [5.74, 6) is -0.456. The molecule has 4 heteroatoms. The molecule has 2 rings (SSSR count). The van der Waals surface area contributed by atoms with Crippen molar-refractivity contribution in [2.45, 2.75) is 32.2 Å². The molecule has 1 saturated heterocycles. The predicted molar refractivity (Wildman–Crippen MR) is 65.6 cm³/mol. The lowest BCUT2D eigenvalue weighted by Crippen LogP contribution is -2.29. The van der Waals surface area contributed by atoms with Crippen LogP contribution in [0.4, 0.5) is 5.69 Å². The Hall–Kier alpha value is -1.84. The zero-order valence-corrected chi connectivity index (χ0v) is 9.82. The Morgan fingerprint density at radius 1 is 1.29 bits per heavy atom. The second-order valence-electron chi connectivity index (χ2n) is 4.26. The zero-order chi connectivity index (χ0) is 12.3. The van der Waals surface area contributed by atoms with Gasteiger partial charge in [-0.15, -0.1) is 0 Å². The third kappa shape index (κ3) is 2.84. The number of imide groups is 1. The van der Waals surface area contributed by atoms with E-state index in [-0.39, 0.29) is 18.2 Å². The Bertz CT molecular complexity index is 426. The van der Waals surface area contributed by atoms with Gasteiger partial charge >= 0.3 is 0 Å². The fourth-order valence-corrected chi connectivity index (χ4v) is 1.93. The van der Waals surface area contributed by atoms with Gasteiger partial charge in [0.2, 0.25) is 11.8 Å². The standard InChI is InChI=1S/C13H16N2O2/c1-2-3-9-4-6-10(7-5-9)14-11-8-12(16)15-13(11)17/h4-7,11,14H,2-3,8H2,1H3,(H,15,16,17). The van der Waals surface area contributed by atoms with Gasteiger partial charge in [-0.3, -0.25) is 14.9 Å². The number of hydrogen-bond donors (Lipinski definition) is 2. The molecule has 1 heterocycles. The van der Waals surface area contributed by atoms with E-state index < -0.39 is 6.04 Å². The van der Waals surface area contributed by atoms with Gasteiger partial charge in [-0.2, -0.15) is 0 Å². The van der Waals surface area contributed by atoms with Gasteiger partial charge in [-0.05, 0) is 24.1 Å². The van der Waals surface area contributed by atoms with Gasteiger partial charge in [0.05, 0.1) is 6.42 Å². The molecule has 0 radical (unpaired) electrons. The number of rotatable bonds is 4. The maximum atomic E-state index is 11.4. The highest BCUT2D eigenvalue weighted by Gasteiger charge is 2.30. The summed E-state index contributed by atoms with van der Waals surface area (Å²) >= 11 is 0. The predicted octanol–water partition coefficient (Wildman–Crippen LogP) is 1.47. The van der Waals surface area contributed by atoms with Gasteiger partial charge in [0.1, 0.15) is 6.04 Å². The van der Waals surface area contributed by atoms with Crippen LogP contribution in [0.3, 0.4) is 0 Å². The molecular weight excluding hydrogens is 216 g/mol. The molecule has 0 bridgehead atoms. The first-order valence-corrected chi connectivity index (χ1v) is 5.88. The average molecular weight is 232 g/mol. The van der Waals surface area contributed by atoms with Crippen molar-refractivity contribution in [3.8, 4) is 0 Å². The first-order chi connectivity index (χ1) is 8.19. The maximum Gasteiger partial charge on any atom is 0.249 e. The molecule has 0 spiro atoms. The van der Waals surface area contributed by atoms with Crippen molar-refractivity contribution in [2.24, 2.45) is 0 Å². The number of nitrogens with one attached hydrogen (secondary N) is 2. The lowest BCUT2D eigenvalue weighted by molar-refractivity contribution is -0.124. The molecule has 4 nitrogen and oxygen atoms in total. The van der Waals surface area contributed by atoms with Crippen LogP contribution in [0.2, 0.25) is 0 Å². The molecule has 0 aliphatic carbocycles. The van der Waals surface area contributed by atoms with Gasteiger partial charge in [-0.25, -0.2) is 0 Å². The van der Waals surface area contributed by atoms with E-state index in [0.29, 0.717) is 0 Å². The van der Waals surface area contributed by atoms with Gasteiger partial charge in [0.15, 0.2) is 0 Å². The van der Waals surface area contributed by atoms with Crippen LogP contribution >= 0.6 is 0 Å². The molecule has 1 aromatic carbocycles. The highest BCUT2D eigenvalue weighted by Crippen LogP contribution is 2.14. The quantitative estimate of drug-likeness (QED) is 0.773. The van der Waals surface area contributed by atoms with Crippen molar-refractivity contribution in [1.29, 1.82) is 0 Å². The molecule has 1 fully saturated rings. The summed E-state index contributed by atoms with van der Waals surface area (Å²) in [5, 5.41) is 5.34. The van der Waals surface area contributed by atoms with Crippen molar-refractivity contribution in [1.82, 2.24) is 5.32 Å². The third-order valence-corrected chi connectivity index (χ3v) is 2.80. The molecule has 1 aliphatic rings. The van der Waals surface area contributed by atoms with E-state index in [0.717, 1.165) is 18.5 Å². The second kappa shape index (κ2) is 4.99. The Kier molecular flexibility index (Phi) is 3.42. The Labute approximate surface area is 100 Å². The van der Waals surface area contributed by atoms with Crippen molar-refractivity contribution in [3.05, 3.63) is 29.8 Å². The summed E-state index contributed by atoms with van der Waals surface area (Å²) in [7, 11) is 0. The number of benzene rings is 1. The molecule has 1 aromatic rings. The monoisotopic (exact) mass is 232 g/mol. The molecule has 1 aliphatic heterocycles. The molecule has 17 heavy (non-hydrogen) atoms. The first-order valence-electron chi connectivity index (χ1n) is 5.88. The molecule has 90 valence electrons. The number of hydrogen-bond acceptors (Lipinski definition) is 3. The number of aryl methyl sites for hydroxylation is 1. The van der Waals surface area contributed by atoms with Crippen molar-refractivity contribution < 1.29 is 9.59 Å². The van der Waals surface area contributed by atoms with Gasteiger partial charge in [0.25, 0.3) is 0 Å². The number of amides is 2. The van der Waals surface area contributed by atoms with Crippen molar-refractivity contribution in [3.63, 3.8) is 0 Å². The summed E-state index contributed by atoms with van der Waals surface area (Å²) in [4.78, 5) is 22.4. The highest BCUT2D eigenvalue weighted by molar-refractivity contribution is 6.06. The summed E-state index contributed by atoms with van der Waals surface area (Å²) < 4.78 is 0. The molecule has 1 atom stereocenters. The summed E-state index contributed by atoms with van der Waals surface area (Å²) in [6.45, 7) is 2.14. The summed E-state index contributed by atoms with van der Waals surface area (Å²) in [6.07, 6.45) is 2.39. The minimum absolute atomic E-state index is 0.213. The van der Waals surface area contributed by atoms with Gasteiger partial charge in [0, 0.05) is 5.69 Å². The molecular formula is C13H16N2O2. The first kappa shape index (κ1) is 11.6. The van der Waals surface area contributed by atoms with Crippen molar-refractivity contribution in [2.75, 3.05) is 5.32 Å². The van der Waals surface area contributed by atoms with Crippen LogP contribution in [0.1, 0.15) is 25.3 Å². The van der Waals surface area contributed by atoms with Crippen LogP contribution in [0.25, 0.3) is 0 Å². The number of carbonyl (C=O) groups excluding carboxylic acids is 2. The van der Waals surface area contributed by atoms with Crippen LogP contribution in [0.5, 0.6) is 0 Å². The fraction of sp³-hybridized carbons (Fsp3) is 0.385. The lowest BCUT2D eigenvalue weighted by Gasteiger charge is -2.11. The van der Waals surface area contributed by atoms with Crippen molar-refractivity contribution >= 4 is 17.5 Å². The third-order valence-electron chi connectivity index (χ3n) is 2.80. The fourth-order valence-electron chi connectivity index (χ4n) is 1.93. The number of carbonyl (C=O) groups is 2. The number of anilines is 1. The summed E-state index contributed by atoms with van der Waals surface area (Å²) in [5.41, 5.74) is 2.16. The van der Waals surface area contributed by atoms with Crippen LogP contribution in [0, 0.1) is 0 Å². The molecule has 0 saturated carbocycles. The molecule has 0 aromatic heterocycles. The maximum absolute atomic E-state index is 11.4. The van der Waals surface area contributed by atoms with E-state index in [1.165, 1.54) is 5.56 Å². The van der Waals surface area contributed by atoms with E-state index >= 15 is 0 Å². The topological polar surface area (TPSA) is 58.2 Å².